The third kappa shape index (κ3) is 9.23. The highest BCUT2D eigenvalue weighted by Gasteiger charge is 1.98. The zero-order chi connectivity index (χ0) is 11.7. The lowest BCUT2D eigenvalue weighted by molar-refractivity contribution is 0.193. The van der Waals surface area contributed by atoms with Crippen molar-refractivity contribution < 1.29 is 4.74 Å². The first-order valence-electron chi connectivity index (χ1n) is 5.20. The zero-order valence-electron chi connectivity index (χ0n) is 9.87. The van der Waals surface area contributed by atoms with Gasteiger partial charge in [-0.25, -0.2) is 4.99 Å². The predicted octanol–water partition coefficient (Wildman–Crippen LogP) is 4.45. The molecule has 0 spiro atoms. The van der Waals surface area contributed by atoms with Crippen LogP contribution in [-0.4, -0.2) is 18.1 Å². The van der Waals surface area contributed by atoms with Gasteiger partial charge in [0.25, 0.3) is 0 Å². The van der Waals surface area contributed by atoms with Crippen LogP contribution in [0, 0.1) is 5.92 Å². The Labute approximate surface area is 110 Å². The van der Waals surface area contributed by atoms with E-state index in [0.717, 1.165) is 18.9 Å². The van der Waals surface area contributed by atoms with Gasteiger partial charge in [0.2, 0.25) is 5.88 Å². The Bertz CT molecular complexity index is 217. The lowest BCUT2D eigenvalue weighted by atomic mass is 10.1. The molecule has 0 saturated heterocycles. The number of hydrogen-bond acceptors (Lipinski definition) is 3. The van der Waals surface area contributed by atoms with E-state index in [1.165, 1.54) is 0 Å². The van der Waals surface area contributed by atoms with Crippen molar-refractivity contribution in [1.29, 1.82) is 0 Å². The second kappa shape index (κ2) is 9.51. The number of allylic oxidation sites excluding steroid dienone is 1. The number of ether oxygens (including phenoxy) is 1. The summed E-state index contributed by atoms with van der Waals surface area (Å²) in [5, 5.41) is 0.425. The van der Waals surface area contributed by atoms with Crippen molar-refractivity contribution in [2.75, 3.05) is 6.61 Å². The molecule has 0 N–H and O–H groups in total. The van der Waals surface area contributed by atoms with Crippen LogP contribution in [0.25, 0.3) is 0 Å². The van der Waals surface area contributed by atoms with Crippen LogP contribution in [0.1, 0.15) is 34.1 Å². The van der Waals surface area contributed by atoms with Crippen LogP contribution < -0.4 is 0 Å². The van der Waals surface area contributed by atoms with Gasteiger partial charge in [-0.2, -0.15) is 0 Å². The number of halogens is 1. The molecule has 0 fully saturated rings. The zero-order valence-corrected chi connectivity index (χ0v) is 12.8. The van der Waals surface area contributed by atoms with Gasteiger partial charge in [-0.1, -0.05) is 22.8 Å². The Kier molecular flexibility index (Phi) is 9.70. The summed E-state index contributed by atoms with van der Waals surface area (Å²) in [5.74, 6) is 1.41. The molecule has 0 heterocycles. The molecule has 0 bridgehead atoms. The van der Waals surface area contributed by atoms with Crippen LogP contribution >= 0.6 is 30.1 Å². The summed E-state index contributed by atoms with van der Waals surface area (Å²) in [6.45, 7) is 9.19. The summed E-state index contributed by atoms with van der Waals surface area (Å²) in [6, 6.07) is 0. The van der Waals surface area contributed by atoms with Gasteiger partial charge in [0.1, 0.15) is 0 Å². The van der Waals surface area contributed by atoms with Gasteiger partial charge < -0.3 is 4.74 Å². The van der Waals surface area contributed by atoms with E-state index < -0.39 is 0 Å². The molecule has 2 nitrogen and oxygen atoms in total. The maximum Gasteiger partial charge on any atom is 0.208 e. The van der Waals surface area contributed by atoms with Gasteiger partial charge >= 0.3 is 0 Å². The van der Waals surface area contributed by atoms with Crippen LogP contribution in [0.5, 0.6) is 0 Å². The second-order valence-electron chi connectivity index (χ2n) is 3.73. The minimum absolute atomic E-state index is 0.425. The molecule has 0 aliphatic rings. The van der Waals surface area contributed by atoms with E-state index in [0.29, 0.717) is 11.2 Å². The Balaban J connectivity index is 3.89. The fourth-order valence-corrected chi connectivity index (χ4v) is 1.30. The van der Waals surface area contributed by atoms with Crippen LogP contribution in [0.4, 0.5) is 0 Å². The molecular formula is C11H20INOS. The standard InChI is InChI=1S/C11H20INOS/c1-5-11(13-8-10(4)15-12)14-7-6-9(2)3/h5,8-10H,6-7H2,1-4H3/b11-5+,13-8?/t10-/m1/s1. The lowest BCUT2D eigenvalue weighted by Crippen LogP contribution is -2.00. The molecule has 0 aromatic heterocycles. The van der Waals surface area contributed by atoms with Crippen LogP contribution in [0.15, 0.2) is 17.0 Å². The maximum absolute atomic E-state index is 5.55. The highest BCUT2D eigenvalue weighted by molar-refractivity contribution is 14.2. The molecule has 88 valence electrons. The van der Waals surface area contributed by atoms with E-state index in [4.69, 9.17) is 4.74 Å². The minimum Gasteiger partial charge on any atom is -0.478 e. The molecule has 0 aromatic carbocycles. The summed E-state index contributed by atoms with van der Waals surface area (Å²) in [4.78, 5) is 4.30. The van der Waals surface area contributed by atoms with Gasteiger partial charge in [-0.3, -0.25) is 0 Å². The van der Waals surface area contributed by atoms with E-state index in [9.17, 15) is 0 Å². The second-order valence-corrected chi connectivity index (χ2v) is 6.18. The molecule has 0 unspecified atom stereocenters. The van der Waals surface area contributed by atoms with Gasteiger partial charge in [-0.05, 0) is 53.5 Å². The molecule has 0 aliphatic carbocycles. The molecule has 15 heavy (non-hydrogen) atoms. The van der Waals surface area contributed by atoms with Crippen LogP contribution in [0.2, 0.25) is 0 Å². The average Bonchev–Trinajstić information content (AvgIpc) is 2.22. The van der Waals surface area contributed by atoms with Gasteiger partial charge in [0, 0.05) is 11.5 Å². The van der Waals surface area contributed by atoms with E-state index in [1.807, 2.05) is 19.2 Å². The first-order valence-corrected chi connectivity index (χ1v) is 8.63. The molecule has 0 rings (SSSR count). The Morgan fingerprint density at radius 2 is 2.13 bits per heavy atom. The monoisotopic (exact) mass is 341 g/mol. The summed E-state index contributed by atoms with van der Waals surface area (Å²) < 4.78 is 5.55. The normalized spacial score (nSPS) is 14.9. The molecule has 4 heteroatoms. The van der Waals surface area contributed by atoms with E-state index in [1.54, 1.807) is 8.93 Å². The third-order valence-electron chi connectivity index (χ3n) is 1.74. The predicted molar refractivity (Wildman–Crippen MR) is 78.7 cm³/mol. The van der Waals surface area contributed by atoms with E-state index in [2.05, 4.69) is 47.0 Å². The Hall–Kier alpha value is 0.290. The fourth-order valence-electron chi connectivity index (χ4n) is 0.796. The van der Waals surface area contributed by atoms with Crippen LogP contribution in [-0.2, 0) is 4.74 Å². The van der Waals surface area contributed by atoms with Crippen molar-refractivity contribution >= 4 is 36.4 Å². The molecule has 0 radical (unpaired) electrons. The first-order chi connectivity index (χ1) is 7.10. The van der Waals surface area contributed by atoms with Crippen molar-refractivity contribution in [3.8, 4) is 0 Å². The van der Waals surface area contributed by atoms with Gasteiger partial charge in [0.15, 0.2) is 0 Å². The average molecular weight is 341 g/mol. The fraction of sp³-hybridized carbons (Fsp3) is 0.727. The first kappa shape index (κ1) is 15.3. The molecule has 0 amide bonds. The minimum atomic E-state index is 0.425. The van der Waals surface area contributed by atoms with Crippen molar-refractivity contribution in [1.82, 2.24) is 0 Å². The molecule has 1 atom stereocenters. The summed E-state index contributed by atoms with van der Waals surface area (Å²) in [5.41, 5.74) is 0. The molecule has 0 saturated carbocycles. The number of rotatable bonds is 7. The van der Waals surface area contributed by atoms with Gasteiger partial charge in [0.05, 0.1) is 6.61 Å². The Morgan fingerprint density at radius 1 is 1.47 bits per heavy atom. The summed E-state index contributed by atoms with van der Waals surface area (Å²) >= 11 is 2.27. The summed E-state index contributed by atoms with van der Waals surface area (Å²) in [6.07, 6.45) is 4.90. The van der Waals surface area contributed by atoms with Crippen molar-refractivity contribution in [2.45, 2.75) is 39.4 Å². The molecule has 0 aromatic rings. The quantitative estimate of drug-likeness (QED) is 0.388. The lowest BCUT2D eigenvalue weighted by Gasteiger charge is -2.08. The Morgan fingerprint density at radius 3 is 2.60 bits per heavy atom. The van der Waals surface area contributed by atoms with Crippen molar-refractivity contribution in [2.24, 2.45) is 10.9 Å². The van der Waals surface area contributed by atoms with Crippen molar-refractivity contribution in [3.63, 3.8) is 0 Å². The number of nitrogens with zero attached hydrogens (tertiary/aromatic N) is 1. The largest absolute Gasteiger partial charge is 0.478 e. The maximum atomic E-state index is 5.55. The number of hydrogen-bond donors (Lipinski definition) is 0. The van der Waals surface area contributed by atoms with Crippen molar-refractivity contribution in [3.05, 3.63) is 12.0 Å². The number of aliphatic imine (C=N–C) groups is 1. The molecule has 0 aliphatic heterocycles. The van der Waals surface area contributed by atoms with E-state index >= 15 is 0 Å². The molecular weight excluding hydrogens is 321 g/mol. The van der Waals surface area contributed by atoms with E-state index in [-0.39, 0.29) is 0 Å². The third-order valence-corrected chi connectivity index (χ3v) is 4.55. The SMILES string of the molecule is C/C=C(\N=C[C@@H](C)SI)OCCC(C)C. The summed E-state index contributed by atoms with van der Waals surface area (Å²) in [7, 11) is 1.74. The smallest absolute Gasteiger partial charge is 0.208 e. The highest BCUT2D eigenvalue weighted by Crippen LogP contribution is 2.17. The van der Waals surface area contributed by atoms with Crippen LogP contribution in [0.3, 0.4) is 0 Å². The topological polar surface area (TPSA) is 21.6 Å². The van der Waals surface area contributed by atoms with Gasteiger partial charge in [-0.15, -0.1) is 0 Å². The highest BCUT2D eigenvalue weighted by atomic mass is 127.